The first-order chi connectivity index (χ1) is 5.33. The fourth-order valence-electron chi connectivity index (χ4n) is 1.49. The minimum absolute atomic E-state index is 0.306. The fraction of sp³-hybridized carbons (Fsp3) is 1.00. The van der Waals surface area contributed by atoms with Crippen molar-refractivity contribution in [2.45, 2.75) is 45.6 Å². The molecule has 0 amide bonds. The van der Waals surface area contributed by atoms with E-state index in [1.807, 2.05) is 13.8 Å². The molecule has 0 aliphatic carbocycles. The molecule has 1 unspecified atom stereocenters. The van der Waals surface area contributed by atoms with Crippen LogP contribution in [-0.2, 0) is 0 Å². The highest BCUT2D eigenvalue weighted by atomic mass is 15.0. The highest BCUT2D eigenvalue weighted by Gasteiger charge is 2.29. The van der Waals surface area contributed by atoms with Crippen LogP contribution in [0.15, 0.2) is 0 Å². The van der Waals surface area contributed by atoms with Crippen LogP contribution in [0.5, 0.6) is 0 Å². The molecule has 0 saturated carbocycles. The highest BCUT2D eigenvalue weighted by molar-refractivity contribution is 4.92. The quantitative estimate of drug-likeness (QED) is 0.639. The molecule has 1 rings (SSSR count). The number of hydrogen-bond acceptors (Lipinski definition) is 2. The molecule has 1 saturated heterocycles. The Balaban J connectivity index is 0.000000461. The molecule has 68 valence electrons. The van der Waals surface area contributed by atoms with Crippen LogP contribution >= 0.6 is 0 Å². The Labute approximate surface area is 70.5 Å². The second-order valence-electron chi connectivity index (χ2n) is 2.87. The first-order valence-electron chi connectivity index (χ1n) is 4.78. The topological polar surface area (TPSA) is 38.0 Å². The Morgan fingerprint density at radius 2 is 2.09 bits per heavy atom. The number of nitrogens with one attached hydrogen (secondary N) is 1. The van der Waals surface area contributed by atoms with Gasteiger partial charge in [0.05, 0.1) is 0 Å². The van der Waals surface area contributed by atoms with Gasteiger partial charge in [-0.25, -0.2) is 0 Å². The number of hydrogen-bond donors (Lipinski definition) is 2. The third-order valence-electron chi connectivity index (χ3n) is 2.40. The van der Waals surface area contributed by atoms with Crippen LogP contribution in [-0.4, -0.2) is 18.6 Å². The van der Waals surface area contributed by atoms with E-state index in [4.69, 9.17) is 5.73 Å². The van der Waals surface area contributed by atoms with E-state index >= 15 is 0 Å². The van der Waals surface area contributed by atoms with Crippen LogP contribution in [0, 0.1) is 0 Å². The summed E-state index contributed by atoms with van der Waals surface area (Å²) in [5, 5.41) is 3.44. The van der Waals surface area contributed by atoms with Crippen LogP contribution in [0.3, 0.4) is 0 Å². The molecule has 1 atom stereocenters. The largest absolute Gasteiger partial charge is 0.329 e. The molecule has 0 spiro atoms. The van der Waals surface area contributed by atoms with Crippen molar-refractivity contribution in [3.63, 3.8) is 0 Å². The molecule has 1 fully saturated rings. The van der Waals surface area contributed by atoms with Gasteiger partial charge < -0.3 is 11.1 Å². The van der Waals surface area contributed by atoms with Gasteiger partial charge in [-0.15, -0.1) is 0 Å². The van der Waals surface area contributed by atoms with Crippen molar-refractivity contribution in [1.82, 2.24) is 5.32 Å². The summed E-state index contributed by atoms with van der Waals surface area (Å²) in [6.45, 7) is 8.15. The van der Waals surface area contributed by atoms with Gasteiger partial charge in [0.15, 0.2) is 0 Å². The van der Waals surface area contributed by atoms with Gasteiger partial charge in [0.2, 0.25) is 0 Å². The second-order valence-corrected chi connectivity index (χ2v) is 2.87. The predicted octanol–water partition coefficient (Wildman–Crippen LogP) is 1.50. The van der Waals surface area contributed by atoms with Gasteiger partial charge in [0.25, 0.3) is 0 Å². The maximum atomic E-state index is 5.62. The summed E-state index contributed by atoms with van der Waals surface area (Å²) in [5.41, 5.74) is 5.92. The van der Waals surface area contributed by atoms with Gasteiger partial charge in [-0.3, -0.25) is 0 Å². The summed E-state index contributed by atoms with van der Waals surface area (Å²) in [5.74, 6) is 0. The van der Waals surface area contributed by atoms with Crippen LogP contribution in [0.25, 0.3) is 0 Å². The summed E-state index contributed by atoms with van der Waals surface area (Å²) >= 11 is 0. The fourth-order valence-corrected chi connectivity index (χ4v) is 1.49. The SMILES string of the molecule is CC.CCC1(CN)CCCN1. The molecule has 0 aromatic heterocycles. The van der Waals surface area contributed by atoms with E-state index in [0.29, 0.717) is 5.54 Å². The lowest BCUT2D eigenvalue weighted by Gasteiger charge is -2.25. The average molecular weight is 158 g/mol. The zero-order valence-electron chi connectivity index (χ0n) is 8.11. The van der Waals surface area contributed by atoms with E-state index in [1.54, 1.807) is 0 Å². The molecule has 0 radical (unpaired) electrons. The maximum absolute atomic E-state index is 5.62. The van der Waals surface area contributed by atoms with E-state index in [2.05, 4.69) is 12.2 Å². The molecule has 1 aliphatic heterocycles. The monoisotopic (exact) mass is 158 g/mol. The summed E-state index contributed by atoms with van der Waals surface area (Å²) in [6, 6.07) is 0. The molecule has 11 heavy (non-hydrogen) atoms. The molecule has 0 aromatic rings. The number of nitrogens with two attached hydrogens (primary N) is 1. The lowest BCUT2D eigenvalue weighted by atomic mass is 9.95. The Morgan fingerprint density at radius 3 is 2.27 bits per heavy atom. The zero-order chi connectivity index (χ0) is 8.74. The van der Waals surface area contributed by atoms with Gasteiger partial charge in [0.1, 0.15) is 0 Å². The van der Waals surface area contributed by atoms with Gasteiger partial charge >= 0.3 is 0 Å². The zero-order valence-corrected chi connectivity index (χ0v) is 8.11. The van der Waals surface area contributed by atoms with Crippen molar-refractivity contribution in [3.05, 3.63) is 0 Å². The average Bonchev–Trinajstić information content (AvgIpc) is 2.57. The molecular weight excluding hydrogens is 136 g/mol. The number of rotatable bonds is 2. The van der Waals surface area contributed by atoms with E-state index in [9.17, 15) is 0 Å². The summed E-state index contributed by atoms with van der Waals surface area (Å²) in [7, 11) is 0. The van der Waals surface area contributed by atoms with Gasteiger partial charge in [0, 0.05) is 12.1 Å². The third kappa shape index (κ3) is 2.80. The smallest absolute Gasteiger partial charge is 0.0301 e. The third-order valence-corrected chi connectivity index (χ3v) is 2.40. The van der Waals surface area contributed by atoms with Crippen LogP contribution < -0.4 is 11.1 Å². The van der Waals surface area contributed by atoms with E-state index in [1.165, 1.54) is 19.3 Å². The van der Waals surface area contributed by atoms with E-state index < -0.39 is 0 Å². The summed E-state index contributed by atoms with van der Waals surface area (Å²) in [6.07, 6.45) is 3.73. The Bertz CT molecular complexity index is 79.6. The van der Waals surface area contributed by atoms with Gasteiger partial charge in [-0.2, -0.15) is 0 Å². The standard InChI is InChI=1S/C7H16N2.C2H6/c1-2-7(6-8)4-3-5-9-7;1-2/h9H,2-6,8H2,1H3;1-2H3. The molecule has 0 bridgehead atoms. The van der Waals surface area contributed by atoms with E-state index in [-0.39, 0.29) is 0 Å². The lowest BCUT2D eigenvalue weighted by Crippen LogP contribution is -2.45. The predicted molar refractivity (Wildman–Crippen MR) is 50.7 cm³/mol. The highest BCUT2D eigenvalue weighted by Crippen LogP contribution is 2.20. The second kappa shape index (κ2) is 5.56. The van der Waals surface area contributed by atoms with Crippen molar-refractivity contribution >= 4 is 0 Å². The summed E-state index contributed by atoms with van der Waals surface area (Å²) < 4.78 is 0. The molecule has 2 heteroatoms. The maximum Gasteiger partial charge on any atom is 0.0301 e. The Kier molecular flexibility index (Phi) is 5.51. The van der Waals surface area contributed by atoms with Gasteiger partial charge in [-0.1, -0.05) is 20.8 Å². The van der Waals surface area contributed by atoms with Crippen molar-refractivity contribution in [2.24, 2.45) is 5.73 Å². The molecule has 0 aromatic carbocycles. The first kappa shape index (κ1) is 10.9. The van der Waals surface area contributed by atoms with Crippen LogP contribution in [0.1, 0.15) is 40.0 Å². The van der Waals surface area contributed by atoms with Crippen molar-refractivity contribution in [1.29, 1.82) is 0 Å². The normalized spacial score (nSPS) is 29.5. The van der Waals surface area contributed by atoms with Gasteiger partial charge in [-0.05, 0) is 25.8 Å². The van der Waals surface area contributed by atoms with Crippen LogP contribution in [0.4, 0.5) is 0 Å². The minimum atomic E-state index is 0.306. The van der Waals surface area contributed by atoms with E-state index in [0.717, 1.165) is 13.1 Å². The minimum Gasteiger partial charge on any atom is -0.329 e. The van der Waals surface area contributed by atoms with Crippen molar-refractivity contribution < 1.29 is 0 Å². The summed E-state index contributed by atoms with van der Waals surface area (Å²) in [4.78, 5) is 0. The lowest BCUT2D eigenvalue weighted by molar-refractivity contribution is 0.373. The molecule has 2 nitrogen and oxygen atoms in total. The molecule has 1 heterocycles. The Hall–Kier alpha value is -0.0800. The first-order valence-corrected chi connectivity index (χ1v) is 4.78. The Morgan fingerprint density at radius 1 is 1.45 bits per heavy atom. The molecule has 3 N–H and O–H groups in total. The molecular formula is C9H22N2. The van der Waals surface area contributed by atoms with Crippen LogP contribution in [0.2, 0.25) is 0 Å². The molecule has 1 aliphatic rings. The van der Waals surface area contributed by atoms with Crippen molar-refractivity contribution in [2.75, 3.05) is 13.1 Å². The van der Waals surface area contributed by atoms with Crippen molar-refractivity contribution in [3.8, 4) is 0 Å².